The molecule has 0 bridgehead atoms. The van der Waals surface area contributed by atoms with Gasteiger partial charge in [0.1, 0.15) is 11.6 Å². The number of aromatic amines is 2. The molecule has 1 fully saturated rings. The maximum Gasteiger partial charge on any atom is 0.291 e. The van der Waals surface area contributed by atoms with Crippen molar-refractivity contribution < 1.29 is 26.8 Å². The van der Waals surface area contributed by atoms with Crippen molar-refractivity contribution in [2.75, 3.05) is 55.3 Å². The molecule has 4 heterocycles. The van der Waals surface area contributed by atoms with Crippen LogP contribution in [0.5, 0.6) is 0 Å². The summed E-state index contributed by atoms with van der Waals surface area (Å²) in [5.74, 6) is -2.97. The molecular weight excluding hydrogens is 596 g/mol. The molecule has 0 aliphatic carbocycles. The standard InChI is InChI=1S/C28H29F2N9O4S/c1-37-8-10-38(11-9-37)19-2-3-21(24(15-19)33-28(41)26-31-5-6-32-26)27(40)34-25-22-16-39(7-4-23(22)35-36-25)44(42,43)20-13-17(29)12-18(30)14-20/h2-3,5-6,12-15H,4,7-11,16H2,1H3,(H,31,32)(H,33,41)(H2,34,35,36,40). The van der Waals surface area contributed by atoms with Gasteiger partial charge < -0.3 is 25.4 Å². The number of imidazole rings is 1. The first-order valence-corrected chi connectivity index (χ1v) is 15.2. The first kappa shape index (κ1) is 29.4. The second-order valence-corrected chi connectivity index (χ2v) is 12.5. The highest BCUT2D eigenvalue weighted by molar-refractivity contribution is 7.89. The second kappa shape index (κ2) is 11.8. The van der Waals surface area contributed by atoms with Crippen LogP contribution in [0.4, 0.5) is 26.0 Å². The van der Waals surface area contributed by atoms with Crippen LogP contribution in [0.2, 0.25) is 0 Å². The van der Waals surface area contributed by atoms with Crippen molar-refractivity contribution >= 4 is 39.0 Å². The van der Waals surface area contributed by atoms with Crippen molar-refractivity contribution in [2.45, 2.75) is 17.9 Å². The Morgan fingerprint density at radius 1 is 0.955 bits per heavy atom. The number of rotatable bonds is 7. The number of likely N-dealkylation sites (N-methyl/N-ethyl adjacent to an activating group) is 1. The molecule has 6 rings (SSSR count). The Morgan fingerprint density at radius 2 is 1.70 bits per heavy atom. The van der Waals surface area contributed by atoms with Crippen LogP contribution >= 0.6 is 0 Å². The molecule has 16 heteroatoms. The summed E-state index contributed by atoms with van der Waals surface area (Å²) in [5.41, 5.74) is 2.27. The van der Waals surface area contributed by atoms with Crippen LogP contribution in [0.1, 0.15) is 32.2 Å². The zero-order valence-electron chi connectivity index (χ0n) is 23.6. The summed E-state index contributed by atoms with van der Waals surface area (Å²) in [4.78, 5) is 37.1. The summed E-state index contributed by atoms with van der Waals surface area (Å²) in [5, 5.41) is 12.5. The van der Waals surface area contributed by atoms with Crippen LogP contribution in [0.3, 0.4) is 0 Å². The smallest absolute Gasteiger partial charge is 0.291 e. The number of halogens is 2. The lowest BCUT2D eigenvalue weighted by molar-refractivity contribution is 0.101. The van der Waals surface area contributed by atoms with Gasteiger partial charge >= 0.3 is 0 Å². The topological polar surface area (TPSA) is 159 Å². The Hall–Kier alpha value is -4.67. The van der Waals surface area contributed by atoms with Crippen molar-refractivity contribution in [3.05, 3.63) is 83.1 Å². The number of fused-ring (bicyclic) bond motifs is 1. The lowest BCUT2D eigenvalue weighted by Crippen LogP contribution is -2.44. The van der Waals surface area contributed by atoms with Crippen LogP contribution in [0, 0.1) is 11.6 Å². The van der Waals surface area contributed by atoms with E-state index in [1.807, 2.05) is 7.05 Å². The van der Waals surface area contributed by atoms with Crippen molar-refractivity contribution in [3.63, 3.8) is 0 Å². The van der Waals surface area contributed by atoms with Gasteiger partial charge in [-0.25, -0.2) is 22.2 Å². The minimum absolute atomic E-state index is 0.0414. The van der Waals surface area contributed by atoms with Gasteiger partial charge in [-0.2, -0.15) is 9.40 Å². The summed E-state index contributed by atoms with van der Waals surface area (Å²) in [7, 11) is -2.21. The maximum absolute atomic E-state index is 13.8. The highest BCUT2D eigenvalue weighted by Gasteiger charge is 2.32. The Bertz CT molecular complexity index is 1800. The summed E-state index contributed by atoms with van der Waals surface area (Å²) < 4.78 is 55.1. The number of benzene rings is 2. The van der Waals surface area contributed by atoms with Gasteiger partial charge in [0.25, 0.3) is 11.8 Å². The number of anilines is 3. The number of aromatic nitrogens is 4. The van der Waals surface area contributed by atoms with Crippen molar-refractivity contribution in [2.24, 2.45) is 0 Å². The molecule has 0 spiro atoms. The third-order valence-electron chi connectivity index (χ3n) is 7.68. The first-order valence-electron chi connectivity index (χ1n) is 13.8. The lowest BCUT2D eigenvalue weighted by Gasteiger charge is -2.34. The van der Waals surface area contributed by atoms with E-state index in [2.05, 4.69) is 40.6 Å². The fraction of sp³-hybridized carbons (Fsp3) is 0.286. The molecule has 0 saturated carbocycles. The summed E-state index contributed by atoms with van der Waals surface area (Å²) in [6.07, 6.45) is 3.19. The number of hydrogen-bond donors (Lipinski definition) is 4. The molecule has 2 aromatic heterocycles. The molecule has 0 atom stereocenters. The number of hydrogen-bond acceptors (Lipinski definition) is 8. The minimum Gasteiger partial charge on any atom is -0.369 e. The number of amides is 2. The normalized spacial score (nSPS) is 16.0. The molecule has 13 nitrogen and oxygen atoms in total. The largest absolute Gasteiger partial charge is 0.369 e. The zero-order valence-corrected chi connectivity index (χ0v) is 24.4. The molecule has 0 radical (unpaired) electrons. The van der Waals surface area contributed by atoms with E-state index in [4.69, 9.17) is 0 Å². The molecule has 44 heavy (non-hydrogen) atoms. The fourth-order valence-corrected chi connectivity index (χ4v) is 6.70. The van der Waals surface area contributed by atoms with Gasteiger partial charge in [0, 0.05) is 81.1 Å². The maximum atomic E-state index is 13.8. The number of H-pyrrole nitrogens is 2. The molecule has 2 aliphatic heterocycles. The average Bonchev–Trinajstić information content (AvgIpc) is 3.68. The van der Waals surface area contributed by atoms with Gasteiger partial charge in [-0.15, -0.1) is 0 Å². The average molecular weight is 626 g/mol. The van der Waals surface area contributed by atoms with E-state index >= 15 is 0 Å². The van der Waals surface area contributed by atoms with E-state index in [-0.39, 0.29) is 42.4 Å². The second-order valence-electron chi connectivity index (χ2n) is 10.6. The molecule has 1 saturated heterocycles. The number of piperazine rings is 1. The number of nitrogens with zero attached hydrogens (tertiary/aromatic N) is 5. The highest BCUT2D eigenvalue weighted by atomic mass is 32.2. The molecule has 2 aliphatic rings. The molecule has 4 aromatic rings. The Kier molecular flexibility index (Phi) is 7.87. The Labute approximate surface area is 251 Å². The Balaban J connectivity index is 1.26. The van der Waals surface area contributed by atoms with E-state index in [0.717, 1.165) is 48.3 Å². The van der Waals surface area contributed by atoms with Crippen LogP contribution in [-0.2, 0) is 23.0 Å². The van der Waals surface area contributed by atoms with Crippen molar-refractivity contribution in [3.8, 4) is 0 Å². The van der Waals surface area contributed by atoms with Gasteiger partial charge in [0.15, 0.2) is 11.6 Å². The fourth-order valence-electron chi connectivity index (χ4n) is 5.25. The minimum atomic E-state index is -4.25. The molecule has 230 valence electrons. The van der Waals surface area contributed by atoms with Crippen LogP contribution in [0.25, 0.3) is 0 Å². The van der Waals surface area contributed by atoms with Crippen LogP contribution in [-0.4, -0.2) is 89.4 Å². The van der Waals surface area contributed by atoms with Crippen molar-refractivity contribution in [1.29, 1.82) is 0 Å². The van der Waals surface area contributed by atoms with E-state index in [1.165, 1.54) is 12.4 Å². The van der Waals surface area contributed by atoms with Gasteiger partial charge in [-0.1, -0.05) is 0 Å². The zero-order chi connectivity index (χ0) is 31.0. The van der Waals surface area contributed by atoms with Crippen LogP contribution in [0.15, 0.2) is 53.7 Å². The number of carbonyl (C=O) groups excluding carboxylic acids is 2. The van der Waals surface area contributed by atoms with Gasteiger partial charge in [-0.3, -0.25) is 14.7 Å². The molecular formula is C28H29F2N9O4S. The summed E-state index contributed by atoms with van der Waals surface area (Å²) in [6, 6.07) is 7.25. The molecule has 2 aromatic carbocycles. The van der Waals surface area contributed by atoms with Gasteiger partial charge in [0.05, 0.1) is 16.1 Å². The number of carbonyl (C=O) groups is 2. The predicted octanol–water partition coefficient (Wildman–Crippen LogP) is 2.41. The number of sulfonamides is 1. The third kappa shape index (κ3) is 5.91. The van der Waals surface area contributed by atoms with Gasteiger partial charge in [0.2, 0.25) is 10.0 Å². The van der Waals surface area contributed by atoms with Crippen molar-refractivity contribution in [1.82, 2.24) is 29.4 Å². The first-order chi connectivity index (χ1) is 21.1. The molecule has 0 unspecified atom stereocenters. The van der Waals surface area contributed by atoms with E-state index < -0.39 is 38.4 Å². The SMILES string of the molecule is CN1CCN(c2ccc(C(=O)Nc3n[nH]c4c3CN(S(=O)(=O)c3cc(F)cc(F)c3)CC4)c(NC(=O)c3ncc[nH]3)c2)CC1. The summed E-state index contributed by atoms with van der Waals surface area (Å²) in [6.45, 7) is 3.12. The molecule has 4 N–H and O–H groups in total. The quantitative estimate of drug-likeness (QED) is 0.244. The van der Waals surface area contributed by atoms with Gasteiger partial charge in [-0.05, 0) is 37.4 Å². The van der Waals surface area contributed by atoms with E-state index in [9.17, 15) is 26.8 Å². The number of nitrogens with one attached hydrogen (secondary N) is 4. The predicted molar refractivity (Wildman–Crippen MR) is 157 cm³/mol. The van der Waals surface area contributed by atoms with Crippen LogP contribution < -0.4 is 15.5 Å². The van der Waals surface area contributed by atoms with E-state index in [0.29, 0.717) is 17.3 Å². The molecule has 2 amide bonds. The monoisotopic (exact) mass is 625 g/mol. The highest BCUT2D eigenvalue weighted by Crippen LogP contribution is 2.31. The van der Waals surface area contributed by atoms with E-state index in [1.54, 1.807) is 18.2 Å². The Morgan fingerprint density at radius 3 is 2.41 bits per heavy atom. The summed E-state index contributed by atoms with van der Waals surface area (Å²) >= 11 is 0. The third-order valence-corrected chi connectivity index (χ3v) is 9.50. The lowest BCUT2D eigenvalue weighted by atomic mass is 10.1.